The summed E-state index contributed by atoms with van der Waals surface area (Å²) < 4.78 is 1.19. The van der Waals surface area contributed by atoms with Crippen molar-refractivity contribution in [2.45, 2.75) is 124 Å². The van der Waals surface area contributed by atoms with Crippen LogP contribution in [0, 0.1) is 0 Å². The van der Waals surface area contributed by atoms with Crippen molar-refractivity contribution in [1.82, 2.24) is 0 Å². The van der Waals surface area contributed by atoms with Crippen molar-refractivity contribution in [2.75, 3.05) is 47.8 Å². The molecule has 0 aliphatic carbocycles. The smallest absolute Gasteiger partial charge is 0.0782 e. The van der Waals surface area contributed by atoms with E-state index in [4.69, 9.17) is 0 Å². The minimum absolute atomic E-state index is 0. The molecule has 0 radical (unpaired) electrons. The van der Waals surface area contributed by atoms with Crippen LogP contribution in [0.1, 0.15) is 124 Å². The quantitative estimate of drug-likeness (QED) is 0.207. The molecule has 0 unspecified atom stereocenters. The van der Waals surface area contributed by atoms with Gasteiger partial charge in [-0.2, -0.15) is 0 Å². The monoisotopic (exact) mass is 470 g/mol. The third kappa shape index (κ3) is 35.9. The predicted molar refractivity (Wildman–Crippen MR) is 130 cm³/mol. The minimum atomic E-state index is 0. The second-order valence-corrected chi connectivity index (χ2v) is 9.88. The molecule has 0 aliphatic heterocycles. The van der Waals surface area contributed by atoms with Gasteiger partial charge >= 0.3 is 0 Å². The average Bonchev–Trinajstić information content (AvgIpc) is 2.66. The topological polar surface area (TPSA) is 4.44 Å². The lowest BCUT2D eigenvalue weighted by atomic mass is 10.1. The zero-order valence-electron chi connectivity index (χ0n) is 22.1. The maximum atomic E-state index is 2.33. The first kappa shape index (κ1) is 37.8. The lowest BCUT2D eigenvalue weighted by Crippen LogP contribution is -3.05. The van der Waals surface area contributed by atoms with Crippen LogP contribution in [-0.2, 0) is 0 Å². The Kier molecular flexibility index (Phi) is 37.2. The summed E-state index contributed by atoms with van der Waals surface area (Å²) >= 11 is 0. The molecule has 1 N–H and O–H groups in total. The lowest BCUT2D eigenvalue weighted by molar-refractivity contribution is -0.888. The summed E-state index contributed by atoms with van der Waals surface area (Å²) in [5.74, 6) is 0. The molecule has 4 heteroatoms. The zero-order valence-corrected chi connectivity index (χ0v) is 23.7. The van der Waals surface area contributed by atoms with Gasteiger partial charge in [0.25, 0.3) is 0 Å². The molecule has 2 nitrogen and oxygen atoms in total. The van der Waals surface area contributed by atoms with Gasteiger partial charge in [0.2, 0.25) is 0 Å². The van der Waals surface area contributed by atoms with E-state index in [2.05, 4.69) is 49.0 Å². The Labute approximate surface area is 205 Å². The van der Waals surface area contributed by atoms with Gasteiger partial charge < -0.3 is 34.2 Å². The van der Waals surface area contributed by atoms with E-state index in [-0.39, 0.29) is 24.8 Å². The maximum Gasteiger partial charge on any atom is 0.0782 e. The maximum absolute atomic E-state index is 2.33. The van der Waals surface area contributed by atoms with E-state index in [0.29, 0.717) is 0 Å². The van der Waals surface area contributed by atoms with Crippen LogP contribution >= 0.6 is 0 Å². The Morgan fingerprint density at radius 2 is 0.833 bits per heavy atom. The van der Waals surface area contributed by atoms with Crippen molar-refractivity contribution < 1.29 is 34.2 Å². The zero-order chi connectivity index (χ0) is 21.5. The molecule has 0 spiro atoms. The van der Waals surface area contributed by atoms with Crippen LogP contribution in [-0.4, -0.2) is 52.3 Å². The molecule has 188 valence electrons. The van der Waals surface area contributed by atoms with Gasteiger partial charge in [-0.25, -0.2) is 0 Å². The van der Waals surface area contributed by atoms with Gasteiger partial charge in [0.15, 0.2) is 0 Å². The number of quaternary nitrogens is 2. The lowest BCUT2D eigenvalue weighted by Gasteiger charge is -2.28. The number of rotatable bonds is 19. The van der Waals surface area contributed by atoms with Gasteiger partial charge in [-0.15, -0.1) is 0 Å². The molecular weight excluding hydrogens is 411 g/mol. The SMILES string of the molecule is CCCCCCCCCC[N+](C)(C)CC.CCCCCCCCCC[NH+](C)C.[Cl-].[Cl-]. The Morgan fingerprint density at radius 3 is 1.17 bits per heavy atom. The molecule has 0 fully saturated rings. The molecule has 0 aromatic carbocycles. The summed E-state index contributed by atoms with van der Waals surface area (Å²) in [6.07, 6.45) is 22.9. The predicted octanol–water partition coefficient (Wildman–Crippen LogP) is 0.503. The summed E-state index contributed by atoms with van der Waals surface area (Å²) in [7, 11) is 9.14. The molecule has 0 saturated heterocycles. The van der Waals surface area contributed by atoms with Gasteiger partial charge in [0.05, 0.1) is 47.8 Å². The molecular formula is C26H60Cl2N2. The first-order valence-corrected chi connectivity index (χ1v) is 13.0. The van der Waals surface area contributed by atoms with E-state index in [9.17, 15) is 0 Å². The molecule has 30 heavy (non-hydrogen) atoms. The highest BCUT2D eigenvalue weighted by Gasteiger charge is 2.09. The highest BCUT2D eigenvalue weighted by atomic mass is 35.5. The van der Waals surface area contributed by atoms with Gasteiger partial charge in [0, 0.05) is 0 Å². The summed E-state index contributed by atoms with van der Waals surface area (Å²) in [5, 5.41) is 0. The van der Waals surface area contributed by atoms with E-state index in [1.165, 1.54) is 127 Å². The summed E-state index contributed by atoms with van der Waals surface area (Å²) in [4.78, 5) is 1.59. The number of nitrogens with zero attached hydrogens (tertiary/aromatic N) is 1. The third-order valence-electron chi connectivity index (χ3n) is 6.00. The molecule has 0 aromatic heterocycles. The number of hydrogen-bond acceptors (Lipinski definition) is 0. The normalized spacial score (nSPS) is 10.8. The molecule has 0 aliphatic rings. The van der Waals surface area contributed by atoms with Crippen molar-refractivity contribution in [3.8, 4) is 0 Å². The summed E-state index contributed by atoms with van der Waals surface area (Å²) in [6.45, 7) is 10.8. The van der Waals surface area contributed by atoms with Crippen molar-refractivity contribution >= 4 is 0 Å². The number of unbranched alkanes of at least 4 members (excludes halogenated alkanes) is 14. The summed E-state index contributed by atoms with van der Waals surface area (Å²) in [6, 6.07) is 0. The van der Waals surface area contributed by atoms with E-state index in [1.807, 2.05) is 0 Å². The molecule has 0 aromatic rings. The fourth-order valence-electron chi connectivity index (χ4n) is 3.44. The molecule has 0 heterocycles. The fraction of sp³-hybridized carbons (Fsp3) is 1.00. The standard InChI is InChI=1S/C14H32N.C12H27N.2ClH/c1-5-7-8-9-10-11-12-13-14-15(3,4)6-2;1-4-5-6-7-8-9-10-11-12-13(2)3;;/h5-14H2,1-4H3;4-12H2,1-3H3;2*1H/q+1;;;/p-1. The Morgan fingerprint density at radius 1 is 0.500 bits per heavy atom. The van der Waals surface area contributed by atoms with Crippen LogP contribution in [0.5, 0.6) is 0 Å². The number of halogens is 2. The van der Waals surface area contributed by atoms with Crippen molar-refractivity contribution in [3.05, 3.63) is 0 Å². The average molecular weight is 472 g/mol. The fourth-order valence-corrected chi connectivity index (χ4v) is 3.44. The Balaban J connectivity index is -0.000000213. The highest BCUT2D eigenvalue weighted by Crippen LogP contribution is 2.10. The van der Waals surface area contributed by atoms with Crippen LogP contribution in [0.3, 0.4) is 0 Å². The molecule has 0 rings (SSSR count). The van der Waals surface area contributed by atoms with Crippen LogP contribution in [0.25, 0.3) is 0 Å². The minimum Gasteiger partial charge on any atom is -1.00 e. The van der Waals surface area contributed by atoms with Crippen LogP contribution in [0.2, 0.25) is 0 Å². The largest absolute Gasteiger partial charge is 1.00 e. The highest BCUT2D eigenvalue weighted by molar-refractivity contribution is 4.46. The molecule has 0 amide bonds. The first-order chi connectivity index (χ1) is 13.4. The van der Waals surface area contributed by atoms with Crippen LogP contribution in [0.15, 0.2) is 0 Å². The van der Waals surface area contributed by atoms with E-state index in [1.54, 1.807) is 4.90 Å². The van der Waals surface area contributed by atoms with E-state index in [0.717, 1.165) is 0 Å². The second-order valence-electron chi connectivity index (χ2n) is 9.88. The van der Waals surface area contributed by atoms with Crippen molar-refractivity contribution in [1.29, 1.82) is 0 Å². The first-order valence-electron chi connectivity index (χ1n) is 13.0. The van der Waals surface area contributed by atoms with E-state index < -0.39 is 0 Å². The van der Waals surface area contributed by atoms with Gasteiger partial charge in [0.1, 0.15) is 0 Å². The van der Waals surface area contributed by atoms with Crippen LogP contribution < -0.4 is 29.7 Å². The Bertz CT molecular complexity index is 284. The van der Waals surface area contributed by atoms with Gasteiger partial charge in [-0.3, -0.25) is 0 Å². The number of hydrogen-bond donors (Lipinski definition) is 1. The molecule has 0 saturated carbocycles. The molecule has 0 bridgehead atoms. The molecule has 0 atom stereocenters. The van der Waals surface area contributed by atoms with Gasteiger partial charge in [-0.1, -0.05) is 90.9 Å². The second kappa shape index (κ2) is 29.5. The number of nitrogens with one attached hydrogen (secondary N) is 1. The van der Waals surface area contributed by atoms with Crippen LogP contribution in [0.4, 0.5) is 0 Å². The third-order valence-corrected chi connectivity index (χ3v) is 6.00. The van der Waals surface area contributed by atoms with E-state index >= 15 is 0 Å². The van der Waals surface area contributed by atoms with Crippen molar-refractivity contribution in [2.24, 2.45) is 0 Å². The van der Waals surface area contributed by atoms with Gasteiger partial charge in [-0.05, 0) is 32.6 Å². The summed E-state index contributed by atoms with van der Waals surface area (Å²) in [5.41, 5.74) is 0. The Hall–Kier alpha value is 0.500. The van der Waals surface area contributed by atoms with Crippen molar-refractivity contribution in [3.63, 3.8) is 0 Å².